The first-order chi connectivity index (χ1) is 18.1. The molecular formula is C26H33N3O8S2. The molecule has 5 rings (SSSR count). The van der Waals surface area contributed by atoms with Crippen molar-refractivity contribution in [1.29, 1.82) is 0 Å². The number of amides is 1. The first kappa shape index (κ1) is 27.8. The molecule has 212 valence electrons. The number of esters is 1. The van der Waals surface area contributed by atoms with Crippen LogP contribution in [0.2, 0.25) is 0 Å². The maximum Gasteiger partial charge on any atom is 0.352 e. The summed E-state index contributed by atoms with van der Waals surface area (Å²) in [5.74, 6) is -2.69. The molecule has 1 amide bonds. The molecule has 1 saturated carbocycles. The normalized spacial score (nSPS) is 27.4. The van der Waals surface area contributed by atoms with Crippen LogP contribution in [0, 0.1) is 23.7 Å². The molecule has 2 aromatic rings. The number of aliphatic carboxylic acids is 1. The van der Waals surface area contributed by atoms with E-state index >= 15 is 0 Å². The van der Waals surface area contributed by atoms with Crippen LogP contribution in [0.5, 0.6) is 0 Å². The average Bonchev–Trinajstić information content (AvgIpc) is 3.46. The highest BCUT2D eigenvalue weighted by Gasteiger charge is 2.67. The number of carbonyl (C=O) groups excluding carboxylic acids is 2. The molecule has 0 unspecified atom stereocenters. The van der Waals surface area contributed by atoms with Gasteiger partial charge in [-0.15, -0.1) is 11.3 Å². The minimum absolute atomic E-state index is 0.119. The predicted octanol–water partition coefficient (Wildman–Crippen LogP) is 2.64. The summed E-state index contributed by atoms with van der Waals surface area (Å²) < 4.78 is 32.3. The highest BCUT2D eigenvalue weighted by Crippen LogP contribution is 2.59. The molecule has 4 heterocycles. The van der Waals surface area contributed by atoms with Gasteiger partial charge in [-0.25, -0.2) is 18.2 Å². The average molecular weight is 580 g/mol. The molecule has 39 heavy (non-hydrogen) atoms. The lowest BCUT2D eigenvalue weighted by atomic mass is 9.67. The van der Waals surface area contributed by atoms with Gasteiger partial charge in [0, 0.05) is 18.0 Å². The van der Waals surface area contributed by atoms with E-state index in [1.165, 1.54) is 11.8 Å². The number of aromatic nitrogens is 2. The molecule has 2 aromatic heterocycles. The van der Waals surface area contributed by atoms with Gasteiger partial charge in [0.1, 0.15) is 23.0 Å². The van der Waals surface area contributed by atoms with E-state index in [4.69, 9.17) is 4.74 Å². The summed E-state index contributed by atoms with van der Waals surface area (Å²) in [5, 5.41) is 20.6. The van der Waals surface area contributed by atoms with Gasteiger partial charge in [0.2, 0.25) is 5.91 Å². The Labute approximate surface area is 230 Å². The Kier molecular flexibility index (Phi) is 6.51. The number of aryl methyl sites for hydroxylation is 1. The number of hydrogen-bond acceptors (Lipinski definition) is 9. The topological polar surface area (TPSA) is 156 Å². The van der Waals surface area contributed by atoms with Crippen molar-refractivity contribution >= 4 is 49.4 Å². The number of carbonyl (C=O) groups is 3. The number of hydrogen-bond donors (Lipinski definition) is 2. The quantitative estimate of drug-likeness (QED) is 0.372. The number of sulfone groups is 1. The molecule has 2 fully saturated rings. The molecule has 0 aromatic carbocycles. The highest BCUT2D eigenvalue weighted by atomic mass is 32.2. The second-order valence-corrected chi connectivity index (χ2v) is 14.5. The van der Waals surface area contributed by atoms with Gasteiger partial charge < -0.3 is 19.8 Å². The van der Waals surface area contributed by atoms with Gasteiger partial charge >= 0.3 is 11.9 Å². The van der Waals surface area contributed by atoms with Gasteiger partial charge in [-0.05, 0) is 33.6 Å². The number of carboxylic acids is 1. The van der Waals surface area contributed by atoms with E-state index in [-0.39, 0.29) is 28.9 Å². The number of nitrogens with zero attached hydrogens (tertiary/aromatic N) is 3. The highest BCUT2D eigenvalue weighted by molar-refractivity contribution is 7.91. The SMILES string of the molecule is Cc1nc(S(C)(=O)=O)c2sc(C3=C(C(=O)O)N4C(=O)[C@H]([C@@H](C)O)[C@@H]4[C@@]3(C)COC(=O)C3(C)CCCCC3)cn12. The van der Waals surface area contributed by atoms with E-state index in [1.54, 1.807) is 24.4 Å². The second kappa shape index (κ2) is 9.13. The molecular weight excluding hydrogens is 546 g/mol. The minimum atomic E-state index is -3.68. The Balaban J connectivity index is 1.64. The maximum atomic E-state index is 13.3. The number of ether oxygens (including phenoxy) is 1. The molecule has 0 radical (unpaired) electrons. The molecule has 2 N–H and O–H groups in total. The zero-order valence-corrected chi connectivity index (χ0v) is 24.2. The summed E-state index contributed by atoms with van der Waals surface area (Å²) >= 11 is 1.06. The van der Waals surface area contributed by atoms with Crippen LogP contribution in [0.1, 0.15) is 63.6 Å². The summed E-state index contributed by atoms with van der Waals surface area (Å²) in [6.45, 7) is 6.55. The number of carboxylic acid groups (broad SMARTS) is 1. The van der Waals surface area contributed by atoms with Gasteiger partial charge in [-0.1, -0.05) is 26.2 Å². The predicted molar refractivity (Wildman–Crippen MR) is 142 cm³/mol. The van der Waals surface area contributed by atoms with E-state index < -0.39 is 50.6 Å². The van der Waals surface area contributed by atoms with Crippen LogP contribution in [-0.4, -0.2) is 75.8 Å². The van der Waals surface area contributed by atoms with Crippen LogP contribution >= 0.6 is 11.3 Å². The Hall–Kier alpha value is -2.77. The number of β-lactam (4-membered cyclic amide) rings is 1. The Morgan fingerprint density at radius 1 is 1.26 bits per heavy atom. The minimum Gasteiger partial charge on any atom is -0.477 e. The number of rotatable bonds is 7. The lowest BCUT2D eigenvalue weighted by Crippen LogP contribution is -2.66. The number of fused-ring (bicyclic) bond motifs is 2. The first-order valence-electron chi connectivity index (χ1n) is 13.0. The van der Waals surface area contributed by atoms with Gasteiger partial charge in [0.15, 0.2) is 14.9 Å². The van der Waals surface area contributed by atoms with Gasteiger partial charge in [-0.3, -0.25) is 14.0 Å². The zero-order chi connectivity index (χ0) is 28.7. The Bertz CT molecular complexity index is 1530. The lowest BCUT2D eigenvalue weighted by molar-refractivity contribution is -0.172. The molecule has 2 aliphatic heterocycles. The van der Waals surface area contributed by atoms with Crippen molar-refractivity contribution in [3.05, 3.63) is 22.6 Å². The first-order valence-corrected chi connectivity index (χ1v) is 15.7. The van der Waals surface area contributed by atoms with Crippen LogP contribution in [0.15, 0.2) is 16.9 Å². The number of imidazole rings is 1. The summed E-state index contributed by atoms with van der Waals surface area (Å²) in [5.41, 5.74) is -1.80. The molecule has 4 atom stereocenters. The second-order valence-electron chi connectivity index (χ2n) is 11.6. The van der Waals surface area contributed by atoms with Crippen LogP contribution in [0.25, 0.3) is 10.4 Å². The van der Waals surface area contributed by atoms with Crippen LogP contribution in [-0.2, 0) is 29.0 Å². The molecule has 1 aliphatic carbocycles. The third-order valence-electron chi connectivity index (χ3n) is 8.58. The van der Waals surface area contributed by atoms with Crippen LogP contribution in [0.3, 0.4) is 0 Å². The molecule has 13 heteroatoms. The van der Waals surface area contributed by atoms with E-state index in [0.29, 0.717) is 28.4 Å². The standard InChI is InChI=1S/C26H33N3O8S2/c1-13(30)16-19-26(4,12-37-24(34)25(3)9-7-6-8-10-25)17(18(23(32)33)29(19)21(16)31)15-11-28-14(2)27-20(22(28)38-15)39(5,35)36/h11,13,16,19,30H,6-10,12H2,1-5H3,(H,32,33)/t13-,16-,19-,26+/m1/s1. The number of aliphatic hydroxyl groups excluding tert-OH is 1. The van der Waals surface area contributed by atoms with Gasteiger partial charge in [0.25, 0.3) is 0 Å². The Morgan fingerprint density at radius 3 is 2.46 bits per heavy atom. The van der Waals surface area contributed by atoms with Crippen molar-refractivity contribution in [2.45, 2.75) is 77.0 Å². The van der Waals surface area contributed by atoms with Crippen molar-refractivity contribution in [1.82, 2.24) is 14.3 Å². The molecule has 0 spiro atoms. The van der Waals surface area contributed by atoms with E-state index in [0.717, 1.165) is 36.9 Å². The fourth-order valence-corrected chi connectivity index (χ4v) is 9.00. The van der Waals surface area contributed by atoms with Crippen LogP contribution < -0.4 is 0 Å². The van der Waals surface area contributed by atoms with Gasteiger partial charge in [0.05, 0.1) is 33.8 Å². The van der Waals surface area contributed by atoms with Crippen molar-refractivity contribution < 1.29 is 37.8 Å². The van der Waals surface area contributed by atoms with Crippen molar-refractivity contribution in [3.63, 3.8) is 0 Å². The van der Waals surface area contributed by atoms with E-state index in [2.05, 4.69) is 4.98 Å². The third-order valence-corrected chi connectivity index (χ3v) is 10.8. The molecule has 3 aliphatic rings. The van der Waals surface area contributed by atoms with Crippen LogP contribution in [0.4, 0.5) is 0 Å². The third kappa shape index (κ3) is 4.12. The summed E-state index contributed by atoms with van der Waals surface area (Å²) in [4.78, 5) is 45.2. The molecule has 1 saturated heterocycles. The smallest absolute Gasteiger partial charge is 0.352 e. The lowest BCUT2D eigenvalue weighted by Gasteiger charge is -2.50. The van der Waals surface area contributed by atoms with Gasteiger partial charge in [-0.2, -0.15) is 0 Å². The fourth-order valence-electron chi connectivity index (χ4n) is 6.49. The van der Waals surface area contributed by atoms with Crippen molar-refractivity contribution in [3.8, 4) is 0 Å². The number of thiazole rings is 1. The summed E-state index contributed by atoms with van der Waals surface area (Å²) in [6, 6.07) is -0.756. The Morgan fingerprint density at radius 2 is 1.90 bits per heavy atom. The van der Waals surface area contributed by atoms with E-state index in [1.807, 2.05) is 6.92 Å². The van der Waals surface area contributed by atoms with Crippen molar-refractivity contribution in [2.75, 3.05) is 12.9 Å². The van der Waals surface area contributed by atoms with Crippen molar-refractivity contribution in [2.24, 2.45) is 16.7 Å². The largest absolute Gasteiger partial charge is 0.477 e. The molecule has 0 bridgehead atoms. The summed E-state index contributed by atoms with van der Waals surface area (Å²) in [7, 11) is -3.68. The number of aliphatic hydroxyl groups is 1. The monoisotopic (exact) mass is 579 g/mol. The zero-order valence-electron chi connectivity index (χ0n) is 22.6. The summed E-state index contributed by atoms with van der Waals surface area (Å²) in [6.07, 6.45) is 5.92. The molecule has 11 nitrogen and oxygen atoms in total. The fraction of sp³-hybridized carbons (Fsp3) is 0.615. The van der Waals surface area contributed by atoms with E-state index in [9.17, 15) is 33.0 Å². The maximum absolute atomic E-state index is 13.3.